The molecule has 5 N–H and O–H groups in total. The van der Waals surface area contributed by atoms with E-state index >= 15 is 0 Å². The van der Waals surface area contributed by atoms with Gasteiger partial charge in [0.05, 0.1) is 11.7 Å². The molecule has 2 amide bonds. The molecule has 0 bridgehead atoms. The van der Waals surface area contributed by atoms with E-state index in [-0.39, 0.29) is 35.0 Å². The van der Waals surface area contributed by atoms with Crippen LogP contribution in [0.3, 0.4) is 0 Å². The summed E-state index contributed by atoms with van der Waals surface area (Å²) in [5.41, 5.74) is 8.55. The first-order chi connectivity index (χ1) is 17.1. The van der Waals surface area contributed by atoms with Crippen molar-refractivity contribution in [3.8, 4) is 11.1 Å². The molecule has 1 aromatic heterocycles. The third-order valence-electron chi connectivity index (χ3n) is 6.18. The third-order valence-corrected chi connectivity index (χ3v) is 6.18. The van der Waals surface area contributed by atoms with Crippen LogP contribution in [0.15, 0.2) is 48.7 Å². The Kier molecular flexibility index (Phi) is 7.27. The molecule has 1 heterocycles. The monoisotopic (exact) mass is 496 g/mol. The number of benzene rings is 2. The van der Waals surface area contributed by atoms with Crippen LogP contribution in [-0.4, -0.2) is 41.2 Å². The highest BCUT2D eigenvalue weighted by Gasteiger charge is 2.31. The first-order valence-corrected chi connectivity index (χ1v) is 11.3. The predicted molar refractivity (Wildman–Crippen MR) is 130 cm³/mol. The number of nitrogens with one attached hydrogen (secondary N) is 2. The van der Waals surface area contributed by atoms with Gasteiger partial charge in [-0.15, -0.1) is 0 Å². The second-order valence-corrected chi connectivity index (χ2v) is 8.78. The van der Waals surface area contributed by atoms with E-state index in [0.717, 1.165) is 36.1 Å². The standard InChI is InChI=1S/C26H26F2N4O4/c1-13-5-18(31-26(35)23(33)14-6-16(27)9-17(28)7-14)3-4-21(13)15-8-22(24(29)30-12-15)25(34)32-19-10-20(11-19)36-2/h3-9,12,19-20,23,33H,10-11H2,1-2H3,(H2,29,30)(H,31,35)(H,32,34)/t19?,20?,23-/m0/s1. The summed E-state index contributed by atoms with van der Waals surface area (Å²) in [7, 11) is 1.64. The van der Waals surface area contributed by atoms with Gasteiger partial charge in [0.25, 0.3) is 11.8 Å². The largest absolute Gasteiger partial charge is 0.383 e. The molecule has 188 valence electrons. The smallest absolute Gasteiger partial charge is 0.257 e. The molecule has 4 rings (SSSR count). The second-order valence-electron chi connectivity index (χ2n) is 8.78. The number of anilines is 2. The molecule has 0 radical (unpaired) electrons. The lowest BCUT2D eigenvalue weighted by Crippen LogP contribution is -2.47. The second kappa shape index (κ2) is 10.4. The van der Waals surface area contributed by atoms with Gasteiger partial charge in [-0.25, -0.2) is 13.8 Å². The molecule has 3 aromatic rings. The van der Waals surface area contributed by atoms with Crippen molar-refractivity contribution in [2.24, 2.45) is 0 Å². The fourth-order valence-corrected chi connectivity index (χ4v) is 4.10. The number of aryl methyl sites for hydroxylation is 1. The molecule has 1 atom stereocenters. The van der Waals surface area contributed by atoms with Gasteiger partial charge >= 0.3 is 0 Å². The quantitative estimate of drug-likeness (QED) is 0.397. The van der Waals surface area contributed by atoms with Gasteiger partial charge in [-0.05, 0) is 66.8 Å². The van der Waals surface area contributed by atoms with Crippen LogP contribution in [0.4, 0.5) is 20.3 Å². The Labute approximate surface area is 206 Å². The normalized spacial score (nSPS) is 17.7. The van der Waals surface area contributed by atoms with Crippen LogP contribution in [0, 0.1) is 18.6 Å². The number of halogens is 2. The van der Waals surface area contributed by atoms with Crippen molar-refractivity contribution in [1.29, 1.82) is 0 Å². The number of nitrogen functional groups attached to an aromatic ring is 1. The lowest BCUT2D eigenvalue weighted by Gasteiger charge is -2.34. The number of pyridine rings is 1. The Morgan fingerprint density at radius 1 is 1.14 bits per heavy atom. The number of carbonyl (C=O) groups is 2. The summed E-state index contributed by atoms with van der Waals surface area (Å²) in [4.78, 5) is 29.3. The van der Waals surface area contributed by atoms with E-state index in [1.54, 1.807) is 44.5 Å². The average Bonchev–Trinajstić information content (AvgIpc) is 2.80. The zero-order valence-electron chi connectivity index (χ0n) is 19.7. The van der Waals surface area contributed by atoms with Crippen molar-refractivity contribution in [2.75, 3.05) is 18.2 Å². The Balaban J connectivity index is 1.48. The molecule has 36 heavy (non-hydrogen) atoms. The van der Waals surface area contributed by atoms with Gasteiger partial charge in [-0.3, -0.25) is 9.59 Å². The van der Waals surface area contributed by atoms with Crippen molar-refractivity contribution in [2.45, 2.75) is 38.0 Å². The van der Waals surface area contributed by atoms with Crippen molar-refractivity contribution >= 4 is 23.3 Å². The Bertz CT molecular complexity index is 1290. The topological polar surface area (TPSA) is 127 Å². The number of rotatable bonds is 7. The van der Waals surface area contributed by atoms with Gasteiger partial charge < -0.3 is 26.2 Å². The molecule has 10 heteroatoms. The number of ether oxygens (including phenoxy) is 1. The van der Waals surface area contributed by atoms with E-state index in [4.69, 9.17) is 10.5 Å². The number of methoxy groups -OCH3 is 1. The fourth-order valence-electron chi connectivity index (χ4n) is 4.10. The van der Waals surface area contributed by atoms with Crippen LogP contribution in [0.5, 0.6) is 0 Å². The van der Waals surface area contributed by atoms with Crippen LogP contribution in [0.25, 0.3) is 11.1 Å². The minimum Gasteiger partial charge on any atom is -0.383 e. The zero-order chi connectivity index (χ0) is 26.0. The number of hydrogen-bond donors (Lipinski definition) is 4. The molecule has 1 saturated carbocycles. The number of aliphatic hydroxyl groups excluding tert-OH is 1. The molecule has 2 aromatic carbocycles. The molecule has 0 saturated heterocycles. The first kappa shape index (κ1) is 25.2. The van der Waals surface area contributed by atoms with E-state index in [1.165, 1.54) is 0 Å². The number of aliphatic hydroxyl groups is 1. The molecule has 1 aliphatic rings. The number of hydrogen-bond acceptors (Lipinski definition) is 6. The number of nitrogens with two attached hydrogens (primary N) is 1. The van der Waals surface area contributed by atoms with Gasteiger partial charge in [-0.2, -0.15) is 0 Å². The predicted octanol–water partition coefficient (Wildman–Crippen LogP) is 3.50. The zero-order valence-corrected chi connectivity index (χ0v) is 19.7. The van der Waals surface area contributed by atoms with Crippen LogP contribution >= 0.6 is 0 Å². The lowest BCUT2D eigenvalue weighted by molar-refractivity contribution is -0.124. The lowest BCUT2D eigenvalue weighted by atomic mass is 9.89. The molecule has 0 unspecified atom stereocenters. The third kappa shape index (κ3) is 5.50. The van der Waals surface area contributed by atoms with E-state index < -0.39 is 23.6 Å². The van der Waals surface area contributed by atoms with Gasteiger partial charge in [-0.1, -0.05) is 6.07 Å². The molecule has 0 aliphatic heterocycles. The highest BCUT2D eigenvalue weighted by Crippen LogP contribution is 2.29. The summed E-state index contributed by atoms with van der Waals surface area (Å²) < 4.78 is 32.1. The van der Waals surface area contributed by atoms with Crippen molar-refractivity contribution in [3.63, 3.8) is 0 Å². The Morgan fingerprint density at radius 3 is 2.47 bits per heavy atom. The maximum atomic E-state index is 13.4. The molecule has 1 fully saturated rings. The highest BCUT2D eigenvalue weighted by molar-refractivity contribution is 6.00. The van der Waals surface area contributed by atoms with E-state index in [9.17, 15) is 23.5 Å². The average molecular weight is 497 g/mol. The summed E-state index contributed by atoms with van der Waals surface area (Å²) in [6.07, 6.45) is 1.43. The number of amides is 2. The summed E-state index contributed by atoms with van der Waals surface area (Å²) >= 11 is 0. The summed E-state index contributed by atoms with van der Waals surface area (Å²) in [5.74, 6) is -2.83. The highest BCUT2D eigenvalue weighted by atomic mass is 19.1. The summed E-state index contributed by atoms with van der Waals surface area (Å²) in [5, 5.41) is 15.7. The van der Waals surface area contributed by atoms with Crippen LogP contribution in [0.1, 0.15) is 40.4 Å². The van der Waals surface area contributed by atoms with Gasteiger partial charge in [0.1, 0.15) is 17.5 Å². The Morgan fingerprint density at radius 2 is 1.83 bits per heavy atom. The fraction of sp³-hybridized carbons (Fsp3) is 0.269. The van der Waals surface area contributed by atoms with E-state index in [0.29, 0.717) is 17.3 Å². The van der Waals surface area contributed by atoms with Crippen molar-refractivity contribution < 1.29 is 28.2 Å². The van der Waals surface area contributed by atoms with Crippen LogP contribution in [-0.2, 0) is 9.53 Å². The number of aromatic nitrogens is 1. The van der Waals surface area contributed by atoms with Crippen molar-refractivity contribution in [1.82, 2.24) is 10.3 Å². The SMILES string of the molecule is COC1CC(NC(=O)c2cc(-c3ccc(NC(=O)[C@@H](O)c4cc(F)cc(F)c4)cc3C)cnc2N)C1. The first-order valence-electron chi connectivity index (χ1n) is 11.3. The van der Waals surface area contributed by atoms with Gasteiger partial charge in [0, 0.05) is 36.7 Å². The molecular weight excluding hydrogens is 470 g/mol. The molecule has 1 aliphatic carbocycles. The van der Waals surface area contributed by atoms with E-state index in [2.05, 4.69) is 15.6 Å². The van der Waals surface area contributed by atoms with Gasteiger partial charge in [0.2, 0.25) is 0 Å². The maximum absolute atomic E-state index is 13.4. The minimum atomic E-state index is -1.76. The molecule has 0 spiro atoms. The number of nitrogens with zero attached hydrogens (tertiary/aromatic N) is 1. The number of carbonyl (C=O) groups excluding carboxylic acids is 2. The Hall–Kier alpha value is -3.89. The maximum Gasteiger partial charge on any atom is 0.257 e. The summed E-state index contributed by atoms with van der Waals surface area (Å²) in [6.45, 7) is 1.80. The van der Waals surface area contributed by atoms with Crippen LogP contribution < -0.4 is 16.4 Å². The minimum absolute atomic E-state index is 0.0226. The van der Waals surface area contributed by atoms with E-state index in [1.807, 2.05) is 0 Å². The van der Waals surface area contributed by atoms with Crippen molar-refractivity contribution in [3.05, 3.63) is 77.0 Å². The summed E-state index contributed by atoms with van der Waals surface area (Å²) in [6, 6.07) is 9.12. The van der Waals surface area contributed by atoms with Gasteiger partial charge in [0.15, 0.2) is 6.10 Å². The molecule has 8 nitrogen and oxygen atoms in total. The molecular formula is C26H26F2N4O4. The van der Waals surface area contributed by atoms with Crippen LogP contribution in [0.2, 0.25) is 0 Å².